The minimum atomic E-state index is -1.08. The largest absolute Gasteiger partial charge is 0.493 e. The molecule has 0 aliphatic heterocycles. The zero-order valence-corrected chi connectivity index (χ0v) is 12.0. The number of aromatic amines is 1. The Kier molecular flexibility index (Phi) is 4.32. The standard InChI is InChI=1S/C14H16N2O5/c1-4-21-12-8(5-6-11(19-2)13(12)20-3)9-7-10(14(17)18)16-15-9/h5-7H,4H2,1-3H3,(H,15,16)(H,17,18). The highest BCUT2D eigenvalue weighted by atomic mass is 16.5. The first-order valence-corrected chi connectivity index (χ1v) is 6.29. The molecular weight excluding hydrogens is 276 g/mol. The fourth-order valence-electron chi connectivity index (χ4n) is 1.96. The van der Waals surface area contributed by atoms with Gasteiger partial charge in [-0.3, -0.25) is 5.10 Å². The van der Waals surface area contributed by atoms with Gasteiger partial charge in [-0.05, 0) is 25.1 Å². The summed E-state index contributed by atoms with van der Waals surface area (Å²) in [6, 6.07) is 4.89. The van der Waals surface area contributed by atoms with Crippen LogP contribution in [0.15, 0.2) is 18.2 Å². The van der Waals surface area contributed by atoms with Crippen molar-refractivity contribution < 1.29 is 24.1 Å². The lowest BCUT2D eigenvalue weighted by molar-refractivity contribution is 0.0690. The lowest BCUT2D eigenvalue weighted by atomic mass is 10.1. The van der Waals surface area contributed by atoms with Crippen molar-refractivity contribution in [2.45, 2.75) is 6.92 Å². The number of benzene rings is 1. The second-order valence-corrected chi connectivity index (χ2v) is 4.08. The minimum absolute atomic E-state index is 0.00207. The van der Waals surface area contributed by atoms with Crippen LogP contribution in [0.3, 0.4) is 0 Å². The maximum Gasteiger partial charge on any atom is 0.353 e. The van der Waals surface area contributed by atoms with Crippen LogP contribution in [0.4, 0.5) is 0 Å². The Balaban J connectivity index is 2.58. The number of carbonyl (C=O) groups is 1. The Morgan fingerprint density at radius 3 is 2.57 bits per heavy atom. The summed E-state index contributed by atoms with van der Waals surface area (Å²) in [7, 11) is 3.04. The number of aromatic nitrogens is 2. The average Bonchev–Trinajstić information content (AvgIpc) is 2.96. The minimum Gasteiger partial charge on any atom is -0.493 e. The van der Waals surface area contributed by atoms with Crippen molar-refractivity contribution in [3.63, 3.8) is 0 Å². The molecule has 0 saturated carbocycles. The summed E-state index contributed by atoms with van der Waals surface area (Å²) in [5, 5.41) is 15.4. The second kappa shape index (κ2) is 6.17. The van der Waals surface area contributed by atoms with Crippen molar-refractivity contribution in [1.82, 2.24) is 10.2 Å². The van der Waals surface area contributed by atoms with Gasteiger partial charge in [-0.25, -0.2) is 4.79 Å². The van der Waals surface area contributed by atoms with E-state index in [9.17, 15) is 4.79 Å². The van der Waals surface area contributed by atoms with Crippen molar-refractivity contribution in [3.8, 4) is 28.5 Å². The number of H-pyrrole nitrogens is 1. The number of hydrogen-bond acceptors (Lipinski definition) is 5. The van der Waals surface area contributed by atoms with Gasteiger partial charge in [0.2, 0.25) is 5.75 Å². The molecule has 0 spiro atoms. The highest BCUT2D eigenvalue weighted by Gasteiger charge is 2.20. The molecule has 0 bridgehead atoms. The summed E-state index contributed by atoms with van der Waals surface area (Å²) < 4.78 is 16.2. The van der Waals surface area contributed by atoms with Gasteiger partial charge in [0, 0.05) is 5.56 Å². The third kappa shape index (κ3) is 2.76. The van der Waals surface area contributed by atoms with Crippen LogP contribution >= 0.6 is 0 Å². The van der Waals surface area contributed by atoms with E-state index in [0.717, 1.165) is 0 Å². The van der Waals surface area contributed by atoms with Gasteiger partial charge in [0.05, 0.1) is 26.5 Å². The molecule has 7 heteroatoms. The van der Waals surface area contributed by atoms with Crippen LogP contribution in [0.25, 0.3) is 11.3 Å². The lowest BCUT2D eigenvalue weighted by Crippen LogP contribution is -2.00. The highest BCUT2D eigenvalue weighted by molar-refractivity contribution is 5.87. The van der Waals surface area contributed by atoms with Gasteiger partial charge in [-0.1, -0.05) is 0 Å². The molecule has 0 amide bonds. The number of ether oxygens (including phenoxy) is 3. The van der Waals surface area contributed by atoms with Crippen LogP contribution in [0.5, 0.6) is 17.2 Å². The summed E-state index contributed by atoms with van der Waals surface area (Å²) in [6.45, 7) is 2.27. The Hall–Kier alpha value is -2.70. The molecule has 2 rings (SSSR count). The molecule has 2 aromatic rings. The number of methoxy groups -OCH3 is 2. The summed E-state index contributed by atoms with van der Waals surface area (Å²) in [5.74, 6) is 0.352. The van der Waals surface area contributed by atoms with Crippen LogP contribution in [0, 0.1) is 0 Å². The first-order chi connectivity index (χ1) is 10.1. The molecule has 7 nitrogen and oxygen atoms in total. The number of aromatic carboxylic acids is 1. The molecule has 1 aromatic carbocycles. The van der Waals surface area contributed by atoms with E-state index in [2.05, 4.69) is 10.2 Å². The molecule has 0 aliphatic rings. The summed E-state index contributed by atoms with van der Waals surface area (Å²) in [4.78, 5) is 10.9. The maximum absolute atomic E-state index is 10.9. The Labute approximate surface area is 121 Å². The van der Waals surface area contributed by atoms with Crippen LogP contribution in [-0.4, -0.2) is 42.1 Å². The van der Waals surface area contributed by atoms with E-state index in [0.29, 0.717) is 35.1 Å². The first-order valence-electron chi connectivity index (χ1n) is 6.29. The molecule has 1 heterocycles. The quantitative estimate of drug-likeness (QED) is 0.847. The predicted octanol–water partition coefficient (Wildman–Crippen LogP) is 2.19. The molecule has 0 saturated heterocycles. The van der Waals surface area contributed by atoms with Crippen LogP contribution in [0.2, 0.25) is 0 Å². The molecule has 0 aliphatic carbocycles. The molecular formula is C14H16N2O5. The van der Waals surface area contributed by atoms with Crippen LogP contribution < -0.4 is 14.2 Å². The molecule has 2 N–H and O–H groups in total. The number of carboxylic acids is 1. The van der Waals surface area contributed by atoms with Gasteiger partial charge in [-0.15, -0.1) is 0 Å². The van der Waals surface area contributed by atoms with Crippen LogP contribution in [0.1, 0.15) is 17.4 Å². The Morgan fingerprint density at radius 2 is 2.05 bits per heavy atom. The van der Waals surface area contributed by atoms with E-state index >= 15 is 0 Å². The molecule has 0 fully saturated rings. The lowest BCUT2D eigenvalue weighted by Gasteiger charge is -2.15. The number of carboxylic acid groups (broad SMARTS) is 1. The molecule has 21 heavy (non-hydrogen) atoms. The van der Waals surface area contributed by atoms with Crippen molar-refractivity contribution in [1.29, 1.82) is 0 Å². The zero-order chi connectivity index (χ0) is 15.4. The zero-order valence-electron chi connectivity index (χ0n) is 12.0. The van der Waals surface area contributed by atoms with E-state index < -0.39 is 5.97 Å². The monoisotopic (exact) mass is 292 g/mol. The fraction of sp³-hybridized carbons (Fsp3) is 0.286. The predicted molar refractivity (Wildman–Crippen MR) is 75.3 cm³/mol. The van der Waals surface area contributed by atoms with Gasteiger partial charge >= 0.3 is 5.97 Å². The summed E-state index contributed by atoms with van der Waals surface area (Å²) in [5.41, 5.74) is 1.08. The molecule has 1 aromatic heterocycles. The maximum atomic E-state index is 10.9. The van der Waals surface area contributed by atoms with E-state index in [1.54, 1.807) is 12.1 Å². The van der Waals surface area contributed by atoms with E-state index in [4.69, 9.17) is 19.3 Å². The SMILES string of the molecule is CCOc1c(-c2cc(C(=O)O)[nH]n2)ccc(OC)c1OC. The van der Waals surface area contributed by atoms with Crippen LogP contribution in [-0.2, 0) is 0 Å². The smallest absolute Gasteiger partial charge is 0.353 e. The number of rotatable bonds is 6. The van der Waals surface area contributed by atoms with E-state index in [1.807, 2.05) is 6.92 Å². The summed E-state index contributed by atoms with van der Waals surface area (Å²) >= 11 is 0. The van der Waals surface area contributed by atoms with Crippen molar-refractivity contribution in [2.24, 2.45) is 0 Å². The third-order valence-corrected chi connectivity index (χ3v) is 2.87. The van der Waals surface area contributed by atoms with E-state index in [1.165, 1.54) is 20.3 Å². The van der Waals surface area contributed by atoms with Crippen molar-refractivity contribution >= 4 is 5.97 Å². The first kappa shape index (κ1) is 14.7. The average molecular weight is 292 g/mol. The molecule has 0 atom stereocenters. The van der Waals surface area contributed by atoms with E-state index in [-0.39, 0.29) is 5.69 Å². The topological polar surface area (TPSA) is 93.7 Å². The molecule has 0 radical (unpaired) electrons. The molecule has 112 valence electrons. The van der Waals surface area contributed by atoms with Crippen molar-refractivity contribution in [3.05, 3.63) is 23.9 Å². The van der Waals surface area contributed by atoms with Crippen molar-refractivity contribution in [2.75, 3.05) is 20.8 Å². The van der Waals surface area contributed by atoms with Gasteiger partial charge < -0.3 is 19.3 Å². The summed E-state index contributed by atoms with van der Waals surface area (Å²) in [6.07, 6.45) is 0. The normalized spacial score (nSPS) is 10.2. The van der Waals surface area contributed by atoms with Gasteiger partial charge in [0.1, 0.15) is 5.69 Å². The third-order valence-electron chi connectivity index (χ3n) is 2.87. The highest BCUT2D eigenvalue weighted by Crippen LogP contribution is 2.44. The van der Waals surface area contributed by atoms with Gasteiger partial charge in [0.15, 0.2) is 11.5 Å². The number of nitrogens with one attached hydrogen (secondary N) is 1. The van der Waals surface area contributed by atoms with Gasteiger partial charge in [-0.2, -0.15) is 5.10 Å². The van der Waals surface area contributed by atoms with Gasteiger partial charge in [0.25, 0.3) is 0 Å². The Bertz CT molecular complexity index is 651. The Morgan fingerprint density at radius 1 is 1.29 bits per heavy atom. The second-order valence-electron chi connectivity index (χ2n) is 4.08. The number of nitrogens with zero attached hydrogens (tertiary/aromatic N) is 1. The molecule has 0 unspecified atom stereocenters. The fourth-order valence-corrected chi connectivity index (χ4v) is 1.96. The number of hydrogen-bond donors (Lipinski definition) is 2.